The van der Waals surface area contributed by atoms with Gasteiger partial charge in [-0.3, -0.25) is 5.32 Å². The molecule has 2 N–H and O–H groups in total. The van der Waals surface area contributed by atoms with Crippen LogP contribution in [0.1, 0.15) is 59.6 Å². The first-order valence-electron chi connectivity index (χ1n) is 9.19. The Morgan fingerprint density at radius 2 is 1.93 bits per heavy atom. The number of nitrogens with one attached hydrogen (secondary N) is 2. The van der Waals surface area contributed by atoms with Gasteiger partial charge in [0.15, 0.2) is 0 Å². The number of carbonyl (C=O) groups is 2. The molecule has 0 aliphatic carbocycles. The highest BCUT2D eigenvalue weighted by Gasteiger charge is 2.26. The Bertz CT molecular complexity index is 913. The van der Waals surface area contributed by atoms with E-state index in [9.17, 15) is 9.59 Å². The fourth-order valence-electron chi connectivity index (χ4n) is 2.83. The molecule has 2 amide bonds. The number of carbonyl (C=O) groups excluding carboxylic acids is 2. The first-order valence-corrected chi connectivity index (χ1v) is 10.0. The van der Waals surface area contributed by atoms with Crippen molar-refractivity contribution in [2.24, 2.45) is 0 Å². The number of urea groups is 1. The molecule has 5 nitrogen and oxygen atoms in total. The molecule has 1 aromatic heterocycles. The summed E-state index contributed by atoms with van der Waals surface area (Å²) in [4.78, 5) is 25.9. The molecule has 0 saturated heterocycles. The lowest BCUT2D eigenvalue weighted by Crippen LogP contribution is -2.43. The summed E-state index contributed by atoms with van der Waals surface area (Å²) in [6, 6.07) is 7.55. The molecular formula is C22H28N2O3S. The largest absolute Gasteiger partial charge is 0.462 e. The average molecular weight is 401 g/mol. The Balaban J connectivity index is 2.22. The second kappa shape index (κ2) is 8.61. The van der Waals surface area contributed by atoms with Crippen molar-refractivity contribution < 1.29 is 14.3 Å². The molecule has 0 spiro atoms. The maximum atomic E-state index is 12.7. The van der Waals surface area contributed by atoms with Crippen molar-refractivity contribution in [2.75, 3.05) is 11.9 Å². The van der Waals surface area contributed by atoms with E-state index in [1.54, 1.807) is 6.92 Å². The van der Waals surface area contributed by atoms with Crippen molar-refractivity contribution >= 4 is 33.9 Å². The van der Waals surface area contributed by atoms with Gasteiger partial charge in [0.2, 0.25) is 0 Å². The van der Waals surface area contributed by atoms with Gasteiger partial charge in [-0.05, 0) is 64.3 Å². The van der Waals surface area contributed by atoms with Gasteiger partial charge < -0.3 is 10.1 Å². The van der Waals surface area contributed by atoms with Crippen molar-refractivity contribution in [1.82, 2.24) is 5.32 Å². The lowest BCUT2D eigenvalue weighted by Gasteiger charge is -2.27. The van der Waals surface area contributed by atoms with Crippen LogP contribution >= 0.6 is 11.3 Å². The Kier molecular flexibility index (Phi) is 6.67. The van der Waals surface area contributed by atoms with E-state index in [1.165, 1.54) is 11.3 Å². The molecule has 150 valence electrons. The van der Waals surface area contributed by atoms with E-state index < -0.39 is 11.5 Å². The molecule has 2 rings (SSSR count). The zero-order chi connectivity index (χ0) is 21.1. The van der Waals surface area contributed by atoms with Gasteiger partial charge in [0.25, 0.3) is 0 Å². The third-order valence-corrected chi connectivity index (χ3v) is 5.72. The van der Waals surface area contributed by atoms with Gasteiger partial charge in [0, 0.05) is 4.88 Å². The van der Waals surface area contributed by atoms with Crippen molar-refractivity contribution in [3.63, 3.8) is 0 Å². The van der Waals surface area contributed by atoms with E-state index in [0.29, 0.717) is 10.6 Å². The van der Waals surface area contributed by atoms with Gasteiger partial charge in [-0.1, -0.05) is 30.4 Å². The summed E-state index contributed by atoms with van der Waals surface area (Å²) in [7, 11) is 0. The van der Waals surface area contributed by atoms with Crippen LogP contribution < -0.4 is 10.6 Å². The Morgan fingerprint density at radius 3 is 2.54 bits per heavy atom. The normalized spacial score (nSPS) is 11.1. The van der Waals surface area contributed by atoms with Crippen LogP contribution in [0.4, 0.5) is 9.80 Å². The average Bonchev–Trinajstić information content (AvgIpc) is 2.88. The molecule has 1 aromatic carbocycles. The lowest BCUT2D eigenvalue weighted by molar-refractivity contribution is 0.0527. The van der Waals surface area contributed by atoms with Crippen LogP contribution in [0.2, 0.25) is 0 Å². The number of hydrogen-bond acceptors (Lipinski definition) is 4. The number of thiophene rings is 1. The number of hydrogen-bond donors (Lipinski definition) is 2. The van der Waals surface area contributed by atoms with Crippen molar-refractivity contribution in [3.8, 4) is 0 Å². The summed E-state index contributed by atoms with van der Waals surface area (Å²) in [6.07, 6.45) is 0. The van der Waals surface area contributed by atoms with Crippen LogP contribution in [-0.2, 0) is 10.3 Å². The van der Waals surface area contributed by atoms with Gasteiger partial charge in [0.05, 0.1) is 17.7 Å². The van der Waals surface area contributed by atoms with E-state index in [0.717, 1.165) is 27.1 Å². The minimum atomic E-state index is -0.610. The van der Waals surface area contributed by atoms with E-state index in [1.807, 2.05) is 58.9 Å². The fraction of sp³-hybridized carbons (Fsp3) is 0.364. The summed E-state index contributed by atoms with van der Waals surface area (Å²) in [5.74, 6) is -0.423. The molecule has 0 aliphatic heterocycles. The monoisotopic (exact) mass is 400 g/mol. The molecule has 0 radical (unpaired) electrons. The third kappa shape index (κ3) is 4.81. The number of esters is 1. The zero-order valence-corrected chi connectivity index (χ0v) is 18.2. The Morgan fingerprint density at radius 1 is 1.25 bits per heavy atom. The van der Waals surface area contributed by atoms with E-state index in [4.69, 9.17) is 4.74 Å². The molecule has 0 unspecified atom stereocenters. The minimum Gasteiger partial charge on any atom is -0.462 e. The molecule has 2 aromatic rings. The molecular weight excluding hydrogens is 372 g/mol. The molecule has 28 heavy (non-hydrogen) atoms. The summed E-state index contributed by atoms with van der Waals surface area (Å²) in [5, 5.41) is 6.31. The molecule has 0 saturated carbocycles. The second-order valence-corrected chi connectivity index (χ2v) is 8.50. The predicted octanol–water partition coefficient (Wildman–Crippen LogP) is 5.63. The Hall–Kier alpha value is -2.60. The molecule has 0 bridgehead atoms. The molecule has 0 aliphatic rings. The van der Waals surface area contributed by atoms with Crippen LogP contribution in [-0.4, -0.2) is 18.6 Å². The first-order chi connectivity index (χ1) is 13.1. The third-order valence-electron chi connectivity index (χ3n) is 4.60. The van der Waals surface area contributed by atoms with Gasteiger partial charge in [-0.15, -0.1) is 11.3 Å². The fourth-order valence-corrected chi connectivity index (χ4v) is 3.87. The van der Waals surface area contributed by atoms with Crippen molar-refractivity contribution in [3.05, 3.63) is 58.0 Å². The number of anilines is 1. The number of aryl methyl sites for hydroxylation is 1. The highest BCUT2D eigenvalue weighted by atomic mass is 32.1. The number of benzene rings is 1. The van der Waals surface area contributed by atoms with E-state index in [2.05, 4.69) is 17.2 Å². The molecule has 6 heteroatoms. The highest BCUT2D eigenvalue weighted by Crippen LogP contribution is 2.33. The van der Waals surface area contributed by atoms with Crippen molar-refractivity contribution in [1.29, 1.82) is 0 Å². The first kappa shape index (κ1) is 21.7. The van der Waals surface area contributed by atoms with Crippen LogP contribution in [0.5, 0.6) is 0 Å². The molecule has 1 heterocycles. The summed E-state index contributed by atoms with van der Waals surface area (Å²) < 4.78 is 5.14. The smallest absolute Gasteiger partial charge is 0.341 e. The number of rotatable bonds is 6. The number of amides is 2. The zero-order valence-electron chi connectivity index (χ0n) is 17.4. The molecule has 0 atom stereocenters. The van der Waals surface area contributed by atoms with Gasteiger partial charge in [-0.25, -0.2) is 9.59 Å². The Labute approximate surface area is 170 Å². The van der Waals surface area contributed by atoms with Gasteiger partial charge in [0.1, 0.15) is 5.00 Å². The maximum absolute atomic E-state index is 12.7. The summed E-state index contributed by atoms with van der Waals surface area (Å²) in [6.45, 7) is 15.6. The minimum absolute atomic E-state index is 0.283. The summed E-state index contributed by atoms with van der Waals surface area (Å²) in [5.41, 5.74) is 3.59. The topological polar surface area (TPSA) is 67.4 Å². The van der Waals surface area contributed by atoms with Gasteiger partial charge >= 0.3 is 12.0 Å². The second-order valence-electron chi connectivity index (χ2n) is 7.27. The van der Waals surface area contributed by atoms with Crippen LogP contribution in [0.3, 0.4) is 0 Å². The predicted molar refractivity (Wildman–Crippen MR) is 116 cm³/mol. The lowest BCUT2D eigenvalue weighted by atomic mass is 9.92. The molecule has 0 fully saturated rings. The maximum Gasteiger partial charge on any atom is 0.341 e. The number of allylic oxidation sites excluding steroid dienone is 1. The quantitative estimate of drug-likeness (QED) is 0.617. The van der Waals surface area contributed by atoms with Crippen LogP contribution in [0.25, 0.3) is 5.57 Å². The number of ether oxygens (including phenoxy) is 1. The standard InChI is InChI=1S/C22H28N2O3S/c1-8-27-20(25)18-14(4)15(5)28-19(18)23-21(26)24-22(6,7)17-11-9-10-16(12-17)13(2)3/h9-12H,2,8H2,1,3-7H3,(H2,23,24,26). The van der Waals surface area contributed by atoms with Crippen LogP contribution in [0.15, 0.2) is 30.8 Å². The summed E-state index contributed by atoms with van der Waals surface area (Å²) >= 11 is 1.37. The van der Waals surface area contributed by atoms with Crippen LogP contribution in [0, 0.1) is 13.8 Å². The van der Waals surface area contributed by atoms with Gasteiger partial charge in [-0.2, -0.15) is 0 Å². The van der Waals surface area contributed by atoms with Crippen molar-refractivity contribution in [2.45, 2.75) is 47.1 Å². The van der Waals surface area contributed by atoms with E-state index in [-0.39, 0.29) is 12.6 Å². The highest BCUT2D eigenvalue weighted by molar-refractivity contribution is 7.16. The van der Waals surface area contributed by atoms with E-state index >= 15 is 0 Å². The SMILES string of the molecule is C=C(C)c1cccc(C(C)(C)NC(=O)Nc2sc(C)c(C)c2C(=O)OCC)c1.